The number of halogens is 1. The van der Waals surface area contributed by atoms with Crippen LogP contribution in [0.5, 0.6) is 10.8 Å². The first-order valence-corrected chi connectivity index (χ1v) is 9.38. The third-order valence-electron chi connectivity index (χ3n) is 4.07. The van der Waals surface area contributed by atoms with E-state index in [0.29, 0.717) is 10.6 Å². The van der Waals surface area contributed by atoms with Crippen LogP contribution in [-0.2, 0) is 5.41 Å². The van der Waals surface area contributed by atoms with Gasteiger partial charge in [0.2, 0.25) is 5.06 Å². The first-order valence-electron chi connectivity index (χ1n) is 8.61. The first kappa shape index (κ1) is 22.9. The van der Waals surface area contributed by atoms with Gasteiger partial charge in [0.15, 0.2) is 0 Å². The summed E-state index contributed by atoms with van der Waals surface area (Å²) in [6, 6.07) is 6.22. The van der Waals surface area contributed by atoms with Crippen molar-refractivity contribution in [2.45, 2.75) is 47.0 Å². The van der Waals surface area contributed by atoms with E-state index in [-0.39, 0.29) is 17.8 Å². The van der Waals surface area contributed by atoms with Crippen LogP contribution in [-0.4, -0.2) is 29.2 Å². The zero-order chi connectivity index (χ0) is 19.5. The molecule has 146 valence electrons. The molecule has 1 heterocycles. The van der Waals surface area contributed by atoms with Crippen LogP contribution in [0.3, 0.4) is 0 Å². The van der Waals surface area contributed by atoms with Crippen LogP contribution in [0.15, 0.2) is 17.1 Å². The van der Waals surface area contributed by atoms with Crippen LogP contribution < -0.4 is 4.74 Å². The molecule has 2 rings (SSSR count). The molecule has 0 amide bonds. The molecule has 0 aliphatic carbocycles. The van der Waals surface area contributed by atoms with Crippen molar-refractivity contribution >= 4 is 36.0 Å². The van der Waals surface area contributed by atoms with Crippen LogP contribution in [0.25, 0.3) is 0 Å². The smallest absolute Gasteiger partial charge is 0.218 e. The molecule has 2 aromatic rings. The zero-order valence-corrected chi connectivity index (χ0v) is 18.6. The van der Waals surface area contributed by atoms with Crippen molar-refractivity contribution in [3.8, 4) is 16.9 Å². The Labute approximate surface area is 172 Å². The number of ether oxygens (including phenoxy) is 1. The van der Waals surface area contributed by atoms with Gasteiger partial charge in [0.25, 0.3) is 0 Å². The van der Waals surface area contributed by atoms with Crippen LogP contribution in [0, 0.1) is 25.2 Å². The van der Waals surface area contributed by atoms with E-state index in [1.54, 1.807) is 0 Å². The maximum absolute atomic E-state index is 9.56. The largest absolute Gasteiger partial charge is 0.443 e. The maximum atomic E-state index is 9.56. The lowest BCUT2D eigenvalue weighted by Gasteiger charge is -2.15. The first-order chi connectivity index (χ1) is 12.2. The Hall–Kier alpha value is -2.10. The molecule has 27 heavy (non-hydrogen) atoms. The monoisotopic (exact) mass is 406 g/mol. The Balaban J connectivity index is 0.00000364. The van der Waals surface area contributed by atoms with Crippen molar-refractivity contribution in [1.29, 1.82) is 5.26 Å². The van der Waals surface area contributed by atoms with Crippen molar-refractivity contribution in [3.63, 3.8) is 0 Å². The fraction of sp³-hybridized carbons (Fsp3) is 0.450. The van der Waals surface area contributed by atoms with Crippen molar-refractivity contribution in [1.82, 2.24) is 9.27 Å². The van der Waals surface area contributed by atoms with Gasteiger partial charge in [0, 0.05) is 30.5 Å². The molecule has 0 saturated heterocycles. The third-order valence-corrected chi connectivity index (χ3v) is 4.80. The van der Waals surface area contributed by atoms with Gasteiger partial charge in [-0.05, 0) is 44.0 Å². The predicted molar refractivity (Wildman–Crippen MR) is 115 cm³/mol. The highest BCUT2D eigenvalue weighted by Crippen LogP contribution is 2.38. The minimum Gasteiger partial charge on any atom is -0.443 e. The molecule has 0 saturated carbocycles. The lowest BCUT2D eigenvalue weighted by molar-refractivity contribution is 0.487. The van der Waals surface area contributed by atoms with Gasteiger partial charge in [-0.25, -0.2) is 4.99 Å². The number of aliphatic imine (C=N–C) groups is 1. The number of aromatic nitrogens is 1. The molecule has 0 aliphatic heterocycles. The quantitative estimate of drug-likeness (QED) is 0.468. The van der Waals surface area contributed by atoms with Gasteiger partial charge in [-0.15, -0.1) is 12.4 Å². The van der Waals surface area contributed by atoms with Gasteiger partial charge in [-0.3, -0.25) is 0 Å². The molecular weight excluding hydrogens is 380 g/mol. The van der Waals surface area contributed by atoms with Crippen LogP contribution in [0.2, 0.25) is 0 Å². The number of hydrogen-bond acceptors (Lipinski definition) is 5. The molecule has 1 aromatic carbocycles. The highest BCUT2D eigenvalue weighted by atomic mass is 35.5. The van der Waals surface area contributed by atoms with Gasteiger partial charge in [0.05, 0.1) is 17.7 Å². The highest BCUT2D eigenvalue weighted by Gasteiger charge is 2.26. The van der Waals surface area contributed by atoms with Crippen LogP contribution in [0.1, 0.15) is 50.1 Å². The number of nitriles is 1. The maximum Gasteiger partial charge on any atom is 0.218 e. The summed E-state index contributed by atoms with van der Waals surface area (Å²) in [7, 11) is 1.99. The van der Waals surface area contributed by atoms with Crippen LogP contribution >= 0.6 is 23.9 Å². The number of hydrogen-bond donors (Lipinski definition) is 0. The SMILES string of the molecule is CCN(C)/C=N/c1cc(C)c(Oc2snc(C(C)(C)C)c2C#N)cc1C.Cl. The van der Waals surface area contributed by atoms with Crippen molar-refractivity contribution in [3.05, 3.63) is 34.5 Å². The Bertz CT molecular complexity index is 862. The number of benzene rings is 1. The van der Waals surface area contributed by atoms with Gasteiger partial charge in [-0.1, -0.05) is 20.8 Å². The normalized spacial score (nSPS) is 11.2. The summed E-state index contributed by atoms with van der Waals surface area (Å²) in [4.78, 5) is 6.56. The summed E-state index contributed by atoms with van der Waals surface area (Å²) in [6.07, 6.45) is 1.83. The molecule has 7 heteroatoms. The third kappa shape index (κ3) is 5.44. The van der Waals surface area contributed by atoms with Gasteiger partial charge in [0.1, 0.15) is 17.4 Å². The fourth-order valence-corrected chi connectivity index (χ4v) is 3.22. The van der Waals surface area contributed by atoms with Gasteiger partial charge in [-0.2, -0.15) is 9.64 Å². The lowest BCUT2D eigenvalue weighted by Crippen LogP contribution is -2.14. The molecule has 0 spiro atoms. The molecular formula is C20H27ClN4OS. The summed E-state index contributed by atoms with van der Waals surface area (Å²) in [5.74, 6) is 0.728. The van der Waals surface area contributed by atoms with Gasteiger partial charge >= 0.3 is 0 Å². The molecule has 1 aromatic heterocycles. The summed E-state index contributed by atoms with van der Waals surface area (Å²) in [5.41, 5.74) is 4.00. The second-order valence-electron chi connectivity index (χ2n) is 7.38. The van der Waals surface area contributed by atoms with E-state index in [9.17, 15) is 5.26 Å². The van der Waals surface area contributed by atoms with E-state index in [1.807, 2.05) is 65.0 Å². The minimum atomic E-state index is -0.196. The van der Waals surface area contributed by atoms with Crippen molar-refractivity contribution < 1.29 is 4.74 Å². The molecule has 0 aliphatic rings. The number of aryl methyl sites for hydroxylation is 2. The average molecular weight is 407 g/mol. The Morgan fingerprint density at radius 3 is 2.52 bits per heavy atom. The molecule has 0 unspecified atom stereocenters. The summed E-state index contributed by atoms with van der Waals surface area (Å²) in [6.45, 7) is 13.1. The highest BCUT2D eigenvalue weighted by molar-refractivity contribution is 7.08. The fourth-order valence-electron chi connectivity index (χ4n) is 2.32. The number of rotatable bonds is 5. The lowest BCUT2D eigenvalue weighted by atomic mass is 9.90. The molecule has 0 radical (unpaired) electrons. The summed E-state index contributed by atoms with van der Waals surface area (Å²) >= 11 is 1.23. The number of nitrogens with zero attached hydrogens (tertiary/aromatic N) is 4. The molecule has 5 nitrogen and oxygen atoms in total. The zero-order valence-electron chi connectivity index (χ0n) is 17.0. The predicted octanol–water partition coefficient (Wildman–Crippen LogP) is 5.75. The molecule has 0 atom stereocenters. The van der Waals surface area contributed by atoms with E-state index in [0.717, 1.165) is 34.8 Å². The average Bonchev–Trinajstić information content (AvgIpc) is 2.99. The molecule has 0 fully saturated rings. The summed E-state index contributed by atoms with van der Waals surface area (Å²) in [5, 5.41) is 10.1. The molecule has 0 bridgehead atoms. The van der Waals surface area contributed by atoms with Crippen LogP contribution in [0.4, 0.5) is 5.69 Å². The minimum absolute atomic E-state index is 0. The summed E-state index contributed by atoms with van der Waals surface area (Å²) < 4.78 is 10.5. The van der Waals surface area contributed by atoms with E-state index in [4.69, 9.17) is 4.74 Å². The molecule has 0 N–H and O–H groups in total. The van der Waals surface area contributed by atoms with E-state index < -0.39 is 0 Å². The Kier molecular flexibility index (Phi) is 7.82. The topological polar surface area (TPSA) is 61.5 Å². The Morgan fingerprint density at radius 2 is 1.96 bits per heavy atom. The van der Waals surface area contributed by atoms with E-state index in [1.165, 1.54) is 11.5 Å². The van der Waals surface area contributed by atoms with E-state index >= 15 is 0 Å². The standard InChI is InChI=1S/C20H26N4OS.ClH/c1-8-24(7)12-22-16-9-14(3)17(10-13(16)2)25-19-15(11-21)18(23-26-19)20(4,5)6;/h9-10,12H,8H2,1-7H3;1H/b22-12+;. The van der Waals surface area contributed by atoms with Crippen molar-refractivity contribution in [2.75, 3.05) is 13.6 Å². The van der Waals surface area contributed by atoms with Gasteiger partial charge < -0.3 is 9.64 Å². The van der Waals surface area contributed by atoms with Crippen molar-refractivity contribution in [2.24, 2.45) is 4.99 Å². The second-order valence-corrected chi connectivity index (χ2v) is 8.12. The van der Waals surface area contributed by atoms with E-state index in [2.05, 4.69) is 22.4 Å². The second kappa shape index (κ2) is 9.20. The Morgan fingerprint density at radius 1 is 1.30 bits per heavy atom.